The molecule has 1 rings (SSSR count). The molecule has 0 amide bonds. The van der Waals surface area contributed by atoms with Crippen LogP contribution in [0.4, 0.5) is 0 Å². The number of benzene rings is 1. The summed E-state index contributed by atoms with van der Waals surface area (Å²) in [6.45, 7) is 4.98. The molecule has 0 bridgehead atoms. The van der Waals surface area contributed by atoms with Crippen LogP contribution in [-0.2, 0) is 4.79 Å². The number of para-hydroxylation sites is 1. The van der Waals surface area contributed by atoms with Crippen molar-refractivity contribution in [3.8, 4) is 5.75 Å². The van der Waals surface area contributed by atoms with E-state index in [-0.39, 0.29) is 11.4 Å². The molecular weight excluding hydrogens is 168 g/mol. The molecule has 0 aromatic heterocycles. The summed E-state index contributed by atoms with van der Waals surface area (Å²) in [7, 11) is 0. The van der Waals surface area contributed by atoms with Crippen LogP contribution in [0.5, 0.6) is 5.75 Å². The van der Waals surface area contributed by atoms with Crippen molar-refractivity contribution in [3.05, 3.63) is 36.4 Å². The molecule has 70 valence electrons. The summed E-state index contributed by atoms with van der Waals surface area (Å²) in [6.07, 6.45) is 1.65. The lowest BCUT2D eigenvalue weighted by Crippen LogP contribution is -2.02. The van der Waals surface area contributed by atoms with Gasteiger partial charge in [-0.15, -0.1) is 0 Å². The molecule has 0 spiro atoms. The summed E-state index contributed by atoms with van der Waals surface area (Å²) in [4.78, 5) is 10.6. The third-order valence-electron chi connectivity index (χ3n) is 1.39. The lowest BCUT2D eigenvalue weighted by atomic mass is 10.2. The summed E-state index contributed by atoms with van der Waals surface area (Å²) >= 11 is 0. The van der Waals surface area contributed by atoms with Crippen LogP contribution < -0.4 is 4.74 Å². The number of carbonyl (C=O) groups excluding carboxylic acids is 1. The molecule has 2 N–H and O–H groups in total. The summed E-state index contributed by atoms with van der Waals surface area (Å²) in [6, 6.07) is 7.25. The first-order chi connectivity index (χ1) is 5.74. The smallest absolute Gasteiger partial charge is 0.308 e. The second kappa shape index (κ2) is 5.11. The number of carbonyl (C=O) groups is 1. The second-order valence-electron chi connectivity index (χ2n) is 2.34. The molecule has 3 nitrogen and oxygen atoms in total. The Kier molecular flexibility index (Phi) is 4.48. The van der Waals surface area contributed by atoms with Crippen LogP contribution in [0.25, 0.3) is 6.08 Å². The Morgan fingerprint density at radius 3 is 2.62 bits per heavy atom. The highest BCUT2D eigenvalue weighted by molar-refractivity contribution is 5.71. The van der Waals surface area contributed by atoms with Gasteiger partial charge in [0.2, 0.25) is 0 Å². The van der Waals surface area contributed by atoms with Crippen LogP contribution in [0.1, 0.15) is 12.5 Å². The van der Waals surface area contributed by atoms with E-state index in [2.05, 4.69) is 6.58 Å². The largest absolute Gasteiger partial charge is 0.426 e. The van der Waals surface area contributed by atoms with Gasteiger partial charge in [0, 0.05) is 12.5 Å². The molecule has 0 atom stereocenters. The molecule has 0 unspecified atom stereocenters. The van der Waals surface area contributed by atoms with Crippen LogP contribution >= 0.6 is 0 Å². The average molecular weight is 180 g/mol. The van der Waals surface area contributed by atoms with Crippen LogP contribution in [0.2, 0.25) is 0 Å². The van der Waals surface area contributed by atoms with Crippen molar-refractivity contribution >= 4 is 12.0 Å². The maximum atomic E-state index is 10.6. The van der Waals surface area contributed by atoms with Gasteiger partial charge < -0.3 is 10.2 Å². The molecule has 0 fully saturated rings. The Morgan fingerprint density at radius 2 is 2.08 bits per heavy atom. The van der Waals surface area contributed by atoms with Gasteiger partial charge in [-0.05, 0) is 6.07 Å². The van der Waals surface area contributed by atoms with E-state index >= 15 is 0 Å². The SMILES string of the molecule is C=Cc1ccccc1OC(C)=O.O. The van der Waals surface area contributed by atoms with Gasteiger partial charge in [-0.2, -0.15) is 0 Å². The molecule has 0 heterocycles. The van der Waals surface area contributed by atoms with E-state index < -0.39 is 0 Å². The fourth-order valence-electron chi connectivity index (χ4n) is 0.897. The van der Waals surface area contributed by atoms with Gasteiger partial charge in [0.1, 0.15) is 5.75 Å². The Balaban J connectivity index is 0.00000144. The van der Waals surface area contributed by atoms with Crippen molar-refractivity contribution < 1.29 is 15.0 Å². The molecule has 0 aliphatic heterocycles. The van der Waals surface area contributed by atoms with Gasteiger partial charge in [0.25, 0.3) is 0 Å². The number of rotatable bonds is 2. The molecule has 1 aromatic rings. The maximum Gasteiger partial charge on any atom is 0.308 e. The predicted octanol–water partition coefficient (Wildman–Crippen LogP) is 1.43. The zero-order chi connectivity index (χ0) is 8.97. The van der Waals surface area contributed by atoms with Crippen molar-refractivity contribution in [3.63, 3.8) is 0 Å². The zero-order valence-electron chi connectivity index (χ0n) is 7.41. The van der Waals surface area contributed by atoms with Gasteiger partial charge in [-0.1, -0.05) is 30.9 Å². The van der Waals surface area contributed by atoms with Crippen LogP contribution in [0.15, 0.2) is 30.8 Å². The first-order valence-electron chi connectivity index (χ1n) is 3.64. The minimum absolute atomic E-state index is 0. The highest BCUT2D eigenvalue weighted by atomic mass is 16.5. The maximum absolute atomic E-state index is 10.6. The van der Waals surface area contributed by atoms with Crippen molar-refractivity contribution in [1.82, 2.24) is 0 Å². The standard InChI is InChI=1S/C10H10O2.H2O/c1-3-9-6-4-5-7-10(9)12-8(2)11;/h3-7H,1H2,2H3;1H2. The molecule has 13 heavy (non-hydrogen) atoms. The van der Waals surface area contributed by atoms with E-state index in [0.29, 0.717) is 5.75 Å². The quantitative estimate of drug-likeness (QED) is 0.510. The lowest BCUT2D eigenvalue weighted by molar-refractivity contribution is -0.131. The number of hydrogen-bond donors (Lipinski definition) is 0. The van der Waals surface area contributed by atoms with E-state index in [4.69, 9.17) is 4.74 Å². The minimum atomic E-state index is -0.315. The lowest BCUT2D eigenvalue weighted by Gasteiger charge is -2.03. The van der Waals surface area contributed by atoms with Gasteiger partial charge in [-0.3, -0.25) is 4.79 Å². The van der Waals surface area contributed by atoms with Gasteiger partial charge >= 0.3 is 5.97 Å². The van der Waals surface area contributed by atoms with Gasteiger partial charge in [0.15, 0.2) is 0 Å². The first kappa shape index (κ1) is 11.4. The van der Waals surface area contributed by atoms with Crippen LogP contribution in [0.3, 0.4) is 0 Å². The summed E-state index contributed by atoms with van der Waals surface area (Å²) < 4.78 is 4.93. The molecule has 0 aliphatic rings. The van der Waals surface area contributed by atoms with Crippen LogP contribution in [0, 0.1) is 0 Å². The monoisotopic (exact) mass is 180 g/mol. The van der Waals surface area contributed by atoms with E-state index in [0.717, 1.165) is 5.56 Å². The van der Waals surface area contributed by atoms with E-state index in [1.807, 2.05) is 18.2 Å². The molecule has 0 saturated carbocycles. The molecule has 0 aliphatic carbocycles. The summed E-state index contributed by atoms with van der Waals surface area (Å²) in [5.74, 6) is 0.240. The zero-order valence-corrected chi connectivity index (χ0v) is 7.41. The highest BCUT2D eigenvalue weighted by Crippen LogP contribution is 2.18. The van der Waals surface area contributed by atoms with Crippen molar-refractivity contribution in [2.45, 2.75) is 6.92 Å². The normalized spacial score (nSPS) is 8.38. The van der Waals surface area contributed by atoms with Gasteiger partial charge in [0.05, 0.1) is 0 Å². The van der Waals surface area contributed by atoms with Crippen molar-refractivity contribution in [1.29, 1.82) is 0 Å². The third kappa shape index (κ3) is 3.09. The Labute approximate surface area is 77.0 Å². The highest BCUT2D eigenvalue weighted by Gasteiger charge is 2.00. The van der Waals surface area contributed by atoms with Crippen molar-refractivity contribution in [2.75, 3.05) is 0 Å². The minimum Gasteiger partial charge on any atom is -0.426 e. The number of hydrogen-bond acceptors (Lipinski definition) is 2. The van der Waals surface area contributed by atoms with E-state index in [1.165, 1.54) is 6.92 Å². The molecule has 0 saturated heterocycles. The topological polar surface area (TPSA) is 57.8 Å². The number of esters is 1. The fraction of sp³-hybridized carbons (Fsp3) is 0.100. The third-order valence-corrected chi connectivity index (χ3v) is 1.39. The molecule has 3 heteroatoms. The van der Waals surface area contributed by atoms with E-state index in [1.54, 1.807) is 12.1 Å². The number of ether oxygens (including phenoxy) is 1. The van der Waals surface area contributed by atoms with Crippen LogP contribution in [-0.4, -0.2) is 11.4 Å². The van der Waals surface area contributed by atoms with Crippen molar-refractivity contribution in [2.24, 2.45) is 0 Å². The van der Waals surface area contributed by atoms with Gasteiger partial charge in [-0.25, -0.2) is 0 Å². The summed E-state index contributed by atoms with van der Waals surface area (Å²) in [5.41, 5.74) is 0.827. The predicted molar refractivity (Wildman–Crippen MR) is 51.5 cm³/mol. The second-order valence-corrected chi connectivity index (χ2v) is 2.34. The summed E-state index contributed by atoms with van der Waals surface area (Å²) in [5, 5.41) is 0. The molecule has 0 radical (unpaired) electrons. The Hall–Kier alpha value is -1.61. The average Bonchev–Trinajstić information content (AvgIpc) is 2.04. The first-order valence-corrected chi connectivity index (χ1v) is 3.64. The molecule has 1 aromatic carbocycles. The van der Waals surface area contributed by atoms with E-state index in [9.17, 15) is 4.79 Å². The Bertz CT molecular complexity index is 305. The molecular formula is C10H12O3. The fourth-order valence-corrected chi connectivity index (χ4v) is 0.897. The Morgan fingerprint density at radius 1 is 1.46 bits per heavy atom.